The molecule has 0 unspecified atom stereocenters. The Balaban J connectivity index is 1.35. The van der Waals surface area contributed by atoms with Crippen LogP contribution in [-0.4, -0.2) is 16.8 Å². The van der Waals surface area contributed by atoms with Crippen molar-refractivity contribution in [3.8, 4) is 11.8 Å². The molecule has 4 rings (SSSR count). The maximum Gasteiger partial charge on any atom is 0.293 e. The van der Waals surface area contributed by atoms with E-state index >= 15 is 0 Å². The van der Waals surface area contributed by atoms with Crippen LogP contribution in [0.1, 0.15) is 27.4 Å². The first-order chi connectivity index (χ1) is 15.2. The Kier molecular flexibility index (Phi) is 6.21. The van der Waals surface area contributed by atoms with Crippen molar-refractivity contribution >= 4 is 34.0 Å². The summed E-state index contributed by atoms with van der Waals surface area (Å²) in [6.07, 6.45) is 1.52. The average Bonchev–Trinajstić information content (AvgIpc) is 3.46. The zero-order chi connectivity index (χ0) is 21.5. The first-order valence-corrected chi connectivity index (χ1v) is 10.3. The topological polar surface area (TPSA) is 84.2 Å². The summed E-state index contributed by atoms with van der Waals surface area (Å²) >= 11 is 1.25. The van der Waals surface area contributed by atoms with Gasteiger partial charge in [0.15, 0.2) is 10.9 Å². The lowest BCUT2D eigenvalue weighted by molar-refractivity contribution is -0.115. The van der Waals surface area contributed by atoms with Gasteiger partial charge in [-0.15, -0.1) is 11.3 Å². The molecule has 2 heterocycles. The highest BCUT2D eigenvalue weighted by molar-refractivity contribution is 7.14. The molecule has 0 bridgehead atoms. The number of aromatic nitrogens is 1. The molecule has 0 fully saturated rings. The number of rotatable bonds is 5. The molecule has 0 aliphatic carbocycles. The Morgan fingerprint density at radius 3 is 2.55 bits per heavy atom. The predicted octanol–water partition coefficient (Wildman–Crippen LogP) is 4.57. The number of nitrogens with one attached hydrogen (secondary N) is 2. The van der Waals surface area contributed by atoms with E-state index in [-0.39, 0.29) is 24.0 Å². The Labute approximate surface area is 183 Å². The van der Waals surface area contributed by atoms with Gasteiger partial charge in [-0.05, 0) is 42.5 Å². The normalized spacial score (nSPS) is 10.1. The van der Waals surface area contributed by atoms with Gasteiger partial charge in [0.2, 0.25) is 5.91 Å². The van der Waals surface area contributed by atoms with Crippen LogP contribution in [0.5, 0.6) is 0 Å². The van der Waals surface area contributed by atoms with E-state index in [1.54, 1.807) is 17.5 Å². The van der Waals surface area contributed by atoms with Crippen LogP contribution in [0.2, 0.25) is 0 Å². The fourth-order valence-corrected chi connectivity index (χ4v) is 3.43. The number of anilines is 2. The first-order valence-electron chi connectivity index (χ1n) is 9.42. The summed E-state index contributed by atoms with van der Waals surface area (Å²) < 4.78 is 5.05. The fourth-order valence-electron chi connectivity index (χ4n) is 2.72. The number of amides is 2. The molecule has 2 aromatic carbocycles. The quantitative estimate of drug-likeness (QED) is 0.457. The maximum atomic E-state index is 12.4. The van der Waals surface area contributed by atoms with Gasteiger partial charge in [0.25, 0.3) is 5.91 Å². The Morgan fingerprint density at radius 1 is 0.935 bits per heavy atom. The van der Waals surface area contributed by atoms with Crippen LogP contribution in [0.3, 0.4) is 0 Å². The summed E-state index contributed by atoms with van der Waals surface area (Å²) in [6.45, 7) is 0. The van der Waals surface area contributed by atoms with E-state index in [0.717, 1.165) is 11.1 Å². The molecule has 7 heteroatoms. The van der Waals surface area contributed by atoms with Crippen molar-refractivity contribution in [3.05, 3.63) is 101 Å². The summed E-state index contributed by atoms with van der Waals surface area (Å²) in [7, 11) is 0. The largest absolute Gasteiger partial charge is 0.459 e. The van der Waals surface area contributed by atoms with Gasteiger partial charge in [-0.3, -0.25) is 14.9 Å². The highest BCUT2D eigenvalue weighted by Crippen LogP contribution is 2.18. The van der Waals surface area contributed by atoms with Crippen molar-refractivity contribution in [3.63, 3.8) is 0 Å². The van der Waals surface area contributed by atoms with Crippen LogP contribution in [-0.2, 0) is 11.2 Å². The number of furan rings is 1. The summed E-state index contributed by atoms with van der Waals surface area (Å²) in [4.78, 5) is 28.7. The SMILES string of the molecule is O=C(Cc1csc(NC(=O)c2ccco2)n1)Nc1cccc(C#Cc2ccccc2)c1. The first kappa shape index (κ1) is 20.1. The Bertz CT molecular complexity index is 1250. The fraction of sp³-hybridized carbons (Fsp3) is 0.0417. The maximum absolute atomic E-state index is 12.4. The minimum Gasteiger partial charge on any atom is -0.459 e. The summed E-state index contributed by atoms with van der Waals surface area (Å²) in [6, 6.07) is 20.3. The van der Waals surface area contributed by atoms with Crippen molar-refractivity contribution in [1.29, 1.82) is 0 Å². The molecular weight excluding hydrogens is 410 g/mol. The summed E-state index contributed by atoms with van der Waals surface area (Å²) in [5.41, 5.74) is 2.96. The summed E-state index contributed by atoms with van der Waals surface area (Å²) in [5.74, 6) is 5.80. The van der Waals surface area contributed by atoms with E-state index in [4.69, 9.17) is 4.42 Å². The second-order valence-corrected chi connectivity index (χ2v) is 7.36. The molecule has 31 heavy (non-hydrogen) atoms. The van der Waals surface area contributed by atoms with Crippen molar-refractivity contribution in [2.24, 2.45) is 0 Å². The van der Waals surface area contributed by atoms with Gasteiger partial charge in [0, 0.05) is 22.2 Å². The minimum absolute atomic E-state index is 0.0903. The highest BCUT2D eigenvalue weighted by atomic mass is 32.1. The molecule has 0 spiro atoms. The smallest absolute Gasteiger partial charge is 0.293 e. The van der Waals surface area contributed by atoms with Crippen LogP contribution in [0, 0.1) is 11.8 Å². The molecule has 2 amide bonds. The van der Waals surface area contributed by atoms with Crippen LogP contribution in [0.15, 0.2) is 82.8 Å². The van der Waals surface area contributed by atoms with Crippen LogP contribution in [0.4, 0.5) is 10.8 Å². The average molecular weight is 427 g/mol. The van der Waals surface area contributed by atoms with E-state index in [1.165, 1.54) is 17.6 Å². The Morgan fingerprint density at radius 2 is 1.74 bits per heavy atom. The third-order valence-corrected chi connectivity index (χ3v) is 4.94. The molecule has 2 N–H and O–H groups in total. The van der Waals surface area contributed by atoms with Gasteiger partial charge in [-0.25, -0.2) is 4.98 Å². The van der Waals surface area contributed by atoms with E-state index in [2.05, 4.69) is 27.5 Å². The molecule has 6 nitrogen and oxygen atoms in total. The summed E-state index contributed by atoms with van der Waals surface area (Å²) in [5, 5.41) is 7.65. The number of carbonyl (C=O) groups is 2. The highest BCUT2D eigenvalue weighted by Gasteiger charge is 2.13. The third kappa shape index (κ3) is 5.69. The van der Waals surface area contributed by atoms with Gasteiger partial charge in [-0.2, -0.15) is 0 Å². The van der Waals surface area contributed by atoms with Gasteiger partial charge < -0.3 is 9.73 Å². The molecule has 152 valence electrons. The number of thiazole rings is 1. The number of carbonyl (C=O) groups excluding carboxylic acids is 2. The lowest BCUT2D eigenvalue weighted by Crippen LogP contribution is -2.15. The van der Waals surface area contributed by atoms with E-state index in [0.29, 0.717) is 16.5 Å². The van der Waals surface area contributed by atoms with Crippen molar-refractivity contribution in [2.75, 3.05) is 10.6 Å². The predicted molar refractivity (Wildman–Crippen MR) is 120 cm³/mol. The van der Waals surface area contributed by atoms with E-state index < -0.39 is 0 Å². The van der Waals surface area contributed by atoms with E-state index in [1.807, 2.05) is 54.6 Å². The molecule has 0 aliphatic heterocycles. The Hall–Kier alpha value is -4.15. The van der Waals surface area contributed by atoms with Crippen LogP contribution in [0.25, 0.3) is 0 Å². The zero-order valence-corrected chi connectivity index (χ0v) is 17.1. The molecule has 0 radical (unpaired) electrons. The van der Waals surface area contributed by atoms with Crippen LogP contribution < -0.4 is 10.6 Å². The lowest BCUT2D eigenvalue weighted by atomic mass is 10.1. The van der Waals surface area contributed by atoms with Gasteiger partial charge in [0.1, 0.15) is 0 Å². The van der Waals surface area contributed by atoms with Gasteiger partial charge in [0.05, 0.1) is 18.4 Å². The molecule has 0 saturated heterocycles. The van der Waals surface area contributed by atoms with Gasteiger partial charge >= 0.3 is 0 Å². The second kappa shape index (κ2) is 9.57. The van der Waals surface area contributed by atoms with Gasteiger partial charge in [-0.1, -0.05) is 36.1 Å². The molecular formula is C24H17N3O3S. The molecule has 4 aromatic rings. The monoisotopic (exact) mass is 427 g/mol. The van der Waals surface area contributed by atoms with Crippen molar-refractivity contribution < 1.29 is 14.0 Å². The zero-order valence-electron chi connectivity index (χ0n) is 16.3. The molecule has 2 aromatic heterocycles. The number of benzene rings is 2. The second-order valence-electron chi connectivity index (χ2n) is 6.50. The lowest BCUT2D eigenvalue weighted by Gasteiger charge is -2.04. The molecule has 0 aliphatic rings. The van der Waals surface area contributed by atoms with Crippen molar-refractivity contribution in [2.45, 2.75) is 6.42 Å². The standard InChI is InChI=1S/C24H17N3O3S/c28-22(15-20-16-31-24(26-20)27-23(29)21-10-5-13-30-21)25-19-9-4-8-18(14-19)12-11-17-6-2-1-3-7-17/h1-10,13-14,16H,15H2,(H,25,28)(H,26,27,29). The minimum atomic E-state index is -0.385. The van der Waals surface area contributed by atoms with Crippen molar-refractivity contribution in [1.82, 2.24) is 4.98 Å². The number of nitrogens with zero attached hydrogens (tertiary/aromatic N) is 1. The molecule has 0 atom stereocenters. The van der Waals surface area contributed by atoms with E-state index in [9.17, 15) is 9.59 Å². The number of hydrogen-bond acceptors (Lipinski definition) is 5. The number of hydrogen-bond donors (Lipinski definition) is 2. The third-order valence-electron chi connectivity index (χ3n) is 4.13. The molecule has 0 saturated carbocycles. The van der Waals surface area contributed by atoms with Crippen LogP contribution >= 0.6 is 11.3 Å².